The smallest absolute Gasteiger partial charge is 0.339 e. The molecular weight excluding hydrogens is 304 g/mol. The quantitative estimate of drug-likeness (QED) is 0.671. The Balaban J connectivity index is 1.99. The van der Waals surface area contributed by atoms with Crippen LogP contribution >= 0.6 is 0 Å². The van der Waals surface area contributed by atoms with Crippen LogP contribution in [0.2, 0.25) is 0 Å². The van der Waals surface area contributed by atoms with Gasteiger partial charge >= 0.3 is 5.63 Å². The Morgan fingerprint density at radius 2 is 1.71 bits per heavy atom. The zero-order chi connectivity index (χ0) is 17.3. The van der Waals surface area contributed by atoms with E-state index < -0.39 is 0 Å². The zero-order valence-corrected chi connectivity index (χ0v) is 14.3. The highest BCUT2D eigenvalue weighted by Crippen LogP contribution is 2.31. The van der Waals surface area contributed by atoms with Gasteiger partial charge in [-0.05, 0) is 61.7 Å². The summed E-state index contributed by atoms with van der Waals surface area (Å²) in [5.74, 6) is 1.54. The zero-order valence-electron chi connectivity index (χ0n) is 14.3. The summed E-state index contributed by atoms with van der Waals surface area (Å²) in [6.07, 6.45) is 0. The first kappa shape index (κ1) is 16.1. The molecule has 0 unspecified atom stereocenters. The van der Waals surface area contributed by atoms with E-state index in [4.69, 9.17) is 13.9 Å². The fourth-order valence-corrected chi connectivity index (χ4v) is 2.68. The normalized spacial score (nSPS) is 10.8. The minimum Gasteiger partial charge on any atom is -0.497 e. The summed E-state index contributed by atoms with van der Waals surface area (Å²) in [4.78, 5) is 11.9. The Labute approximate surface area is 140 Å². The highest BCUT2D eigenvalue weighted by atomic mass is 16.5. The first-order chi connectivity index (χ1) is 11.5. The van der Waals surface area contributed by atoms with Crippen LogP contribution in [-0.4, -0.2) is 7.11 Å². The molecule has 0 saturated heterocycles. The van der Waals surface area contributed by atoms with Crippen LogP contribution in [0.5, 0.6) is 11.5 Å². The average molecular weight is 324 g/mol. The largest absolute Gasteiger partial charge is 0.497 e. The molecule has 0 aliphatic rings. The third kappa shape index (κ3) is 3.00. The lowest BCUT2D eigenvalue weighted by molar-refractivity contribution is 0.309. The molecule has 4 heteroatoms. The molecule has 4 nitrogen and oxygen atoms in total. The number of rotatable bonds is 4. The van der Waals surface area contributed by atoms with Crippen molar-refractivity contribution in [2.75, 3.05) is 7.11 Å². The summed E-state index contributed by atoms with van der Waals surface area (Å²) >= 11 is 0. The molecule has 0 fully saturated rings. The maximum absolute atomic E-state index is 11.9. The van der Waals surface area contributed by atoms with E-state index in [0.29, 0.717) is 17.8 Å². The fourth-order valence-electron chi connectivity index (χ4n) is 2.68. The van der Waals surface area contributed by atoms with Gasteiger partial charge in [0.25, 0.3) is 0 Å². The van der Waals surface area contributed by atoms with Crippen molar-refractivity contribution in [1.82, 2.24) is 0 Å². The van der Waals surface area contributed by atoms with Crippen molar-refractivity contribution in [2.45, 2.75) is 27.4 Å². The van der Waals surface area contributed by atoms with E-state index in [0.717, 1.165) is 33.6 Å². The molecule has 0 bridgehead atoms. The molecular formula is C20H20O4. The van der Waals surface area contributed by atoms with E-state index in [9.17, 15) is 4.79 Å². The Morgan fingerprint density at radius 1 is 1.00 bits per heavy atom. The lowest BCUT2D eigenvalue weighted by atomic mass is 10.0. The van der Waals surface area contributed by atoms with E-state index >= 15 is 0 Å². The van der Waals surface area contributed by atoms with Gasteiger partial charge in [-0.3, -0.25) is 0 Å². The van der Waals surface area contributed by atoms with Gasteiger partial charge in [-0.2, -0.15) is 0 Å². The Hall–Kier alpha value is -2.75. The molecule has 1 aromatic heterocycles. The van der Waals surface area contributed by atoms with Crippen LogP contribution < -0.4 is 15.1 Å². The van der Waals surface area contributed by atoms with Crippen LogP contribution in [0.15, 0.2) is 45.6 Å². The molecule has 124 valence electrons. The van der Waals surface area contributed by atoms with Gasteiger partial charge in [0, 0.05) is 5.56 Å². The lowest BCUT2D eigenvalue weighted by Gasteiger charge is -2.13. The van der Waals surface area contributed by atoms with Gasteiger partial charge in [0.15, 0.2) is 0 Å². The van der Waals surface area contributed by atoms with Crippen molar-refractivity contribution in [3.63, 3.8) is 0 Å². The second-order valence-electron chi connectivity index (χ2n) is 5.91. The first-order valence-corrected chi connectivity index (χ1v) is 7.80. The molecule has 1 heterocycles. The minimum absolute atomic E-state index is 0.299. The number of methoxy groups -OCH3 is 1. The summed E-state index contributed by atoms with van der Waals surface area (Å²) in [5, 5.41) is 0.853. The van der Waals surface area contributed by atoms with E-state index in [1.165, 1.54) is 0 Å². The van der Waals surface area contributed by atoms with E-state index in [1.54, 1.807) is 14.0 Å². The SMILES string of the molecule is COc1ccc(COc2cc(C)cc3oc(=O)c(C)c(C)c23)cc1. The van der Waals surface area contributed by atoms with E-state index in [-0.39, 0.29) is 5.63 Å². The number of benzene rings is 2. The summed E-state index contributed by atoms with van der Waals surface area (Å²) < 4.78 is 16.6. The van der Waals surface area contributed by atoms with Gasteiger partial charge in [-0.1, -0.05) is 12.1 Å². The van der Waals surface area contributed by atoms with Gasteiger partial charge in [-0.25, -0.2) is 4.79 Å². The van der Waals surface area contributed by atoms with Crippen molar-refractivity contribution in [3.05, 3.63) is 69.1 Å². The predicted molar refractivity (Wildman–Crippen MR) is 94.0 cm³/mol. The number of hydrogen-bond donors (Lipinski definition) is 0. The molecule has 0 N–H and O–H groups in total. The van der Waals surface area contributed by atoms with Gasteiger partial charge in [0.2, 0.25) is 0 Å². The molecule has 0 radical (unpaired) electrons. The molecule has 24 heavy (non-hydrogen) atoms. The molecule has 0 atom stereocenters. The summed E-state index contributed by atoms with van der Waals surface area (Å²) in [6.45, 7) is 6.08. The number of hydrogen-bond acceptors (Lipinski definition) is 4. The van der Waals surface area contributed by atoms with Crippen molar-refractivity contribution in [2.24, 2.45) is 0 Å². The summed E-state index contributed by atoms with van der Waals surface area (Å²) in [5.41, 5.74) is 3.79. The number of fused-ring (bicyclic) bond motifs is 1. The van der Waals surface area contributed by atoms with E-state index in [1.807, 2.05) is 50.2 Å². The van der Waals surface area contributed by atoms with E-state index in [2.05, 4.69) is 0 Å². The van der Waals surface area contributed by atoms with Gasteiger partial charge in [0.1, 0.15) is 23.7 Å². The summed E-state index contributed by atoms with van der Waals surface area (Å²) in [7, 11) is 1.64. The maximum Gasteiger partial charge on any atom is 0.339 e. The molecule has 0 saturated carbocycles. The second-order valence-corrected chi connectivity index (χ2v) is 5.91. The maximum atomic E-state index is 11.9. The molecule has 3 aromatic rings. The van der Waals surface area contributed by atoms with Crippen molar-refractivity contribution in [3.8, 4) is 11.5 Å². The van der Waals surface area contributed by atoms with Gasteiger partial charge < -0.3 is 13.9 Å². The highest BCUT2D eigenvalue weighted by Gasteiger charge is 2.13. The van der Waals surface area contributed by atoms with Gasteiger partial charge in [-0.15, -0.1) is 0 Å². The van der Waals surface area contributed by atoms with Crippen molar-refractivity contribution < 1.29 is 13.9 Å². The third-order valence-electron chi connectivity index (χ3n) is 4.21. The summed E-state index contributed by atoms with van der Waals surface area (Å²) in [6, 6.07) is 11.6. The number of ether oxygens (including phenoxy) is 2. The van der Waals surface area contributed by atoms with Crippen LogP contribution in [0, 0.1) is 20.8 Å². The molecule has 0 aliphatic heterocycles. The van der Waals surface area contributed by atoms with Gasteiger partial charge in [0.05, 0.1) is 12.5 Å². The molecule has 0 spiro atoms. The second kappa shape index (κ2) is 6.40. The highest BCUT2D eigenvalue weighted by molar-refractivity contribution is 5.88. The first-order valence-electron chi connectivity index (χ1n) is 7.80. The van der Waals surface area contributed by atoms with Crippen molar-refractivity contribution >= 4 is 11.0 Å². The number of aryl methyl sites for hydroxylation is 2. The minimum atomic E-state index is -0.299. The Morgan fingerprint density at radius 3 is 2.38 bits per heavy atom. The standard InChI is InChI=1S/C20H20O4/c1-12-9-17(23-11-15-5-7-16(22-4)8-6-15)19-13(2)14(3)20(21)24-18(19)10-12/h5-10H,11H2,1-4H3. The molecule has 0 aliphatic carbocycles. The third-order valence-corrected chi connectivity index (χ3v) is 4.21. The Kier molecular flexibility index (Phi) is 4.30. The van der Waals surface area contributed by atoms with Crippen LogP contribution in [0.1, 0.15) is 22.3 Å². The molecule has 3 rings (SSSR count). The predicted octanol–water partition coefficient (Wildman–Crippen LogP) is 4.31. The van der Waals surface area contributed by atoms with Crippen LogP contribution in [0.4, 0.5) is 0 Å². The van der Waals surface area contributed by atoms with Crippen LogP contribution in [0.3, 0.4) is 0 Å². The molecule has 2 aromatic carbocycles. The Bertz CT molecular complexity index is 936. The van der Waals surface area contributed by atoms with Crippen LogP contribution in [0.25, 0.3) is 11.0 Å². The lowest BCUT2D eigenvalue weighted by Crippen LogP contribution is -2.07. The topological polar surface area (TPSA) is 48.7 Å². The average Bonchev–Trinajstić information content (AvgIpc) is 2.57. The monoisotopic (exact) mass is 324 g/mol. The fraction of sp³-hybridized carbons (Fsp3) is 0.250. The van der Waals surface area contributed by atoms with Crippen LogP contribution in [-0.2, 0) is 6.61 Å². The van der Waals surface area contributed by atoms with Crippen molar-refractivity contribution in [1.29, 1.82) is 0 Å². The molecule has 0 amide bonds.